The minimum absolute atomic E-state index is 0.130. The van der Waals surface area contributed by atoms with Crippen molar-refractivity contribution in [3.05, 3.63) is 76.5 Å². The third-order valence-electron chi connectivity index (χ3n) is 4.16. The summed E-state index contributed by atoms with van der Waals surface area (Å²) >= 11 is 7.25. The van der Waals surface area contributed by atoms with E-state index in [1.54, 1.807) is 29.4 Å². The maximum atomic E-state index is 14.7. The predicted molar refractivity (Wildman–Crippen MR) is 109 cm³/mol. The van der Waals surface area contributed by atoms with Crippen molar-refractivity contribution in [3.63, 3.8) is 0 Å². The van der Waals surface area contributed by atoms with Crippen LogP contribution in [0.3, 0.4) is 0 Å². The lowest BCUT2D eigenvalue weighted by molar-refractivity contribution is 0.102. The van der Waals surface area contributed by atoms with Gasteiger partial charge in [-0.05, 0) is 12.1 Å². The van der Waals surface area contributed by atoms with Gasteiger partial charge in [-0.1, -0.05) is 35.9 Å². The van der Waals surface area contributed by atoms with Crippen LogP contribution in [0.1, 0.15) is 10.5 Å². The van der Waals surface area contributed by atoms with E-state index in [1.807, 2.05) is 0 Å². The van der Waals surface area contributed by atoms with Crippen molar-refractivity contribution >= 4 is 34.5 Å². The zero-order valence-corrected chi connectivity index (χ0v) is 16.6. The number of carbonyl (C=O) groups is 1. The van der Waals surface area contributed by atoms with E-state index in [2.05, 4.69) is 15.4 Å². The molecule has 146 valence electrons. The molecule has 0 aliphatic heterocycles. The summed E-state index contributed by atoms with van der Waals surface area (Å²) in [5.74, 6) is -1.62. The Balaban J connectivity index is 1.72. The molecule has 0 unspecified atom stereocenters. The molecule has 29 heavy (non-hydrogen) atoms. The zero-order chi connectivity index (χ0) is 20.5. The molecular formula is C20H13ClF2N4OS. The molecule has 4 rings (SSSR count). The molecule has 0 saturated carbocycles. The number of halogens is 3. The van der Waals surface area contributed by atoms with Crippen LogP contribution in [0.15, 0.2) is 54.2 Å². The normalized spacial score (nSPS) is 10.9. The third kappa shape index (κ3) is 3.76. The lowest BCUT2D eigenvalue weighted by Crippen LogP contribution is -2.11. The molecule has 0 aliphatic carbocycles. The number of aryl methyl sites for hydroxylation is 1. The van der Waals surface area contributed by atoms with E-state index in [1.165, 1.54) is 47.9 Å². The van der Waals surface area contributed by atoms with Gasteiger partial charge in [0.1, 0.15) is 22.3 Å². The van der Waals surface area contributed by atoms with Gasteiger partial charge in [0.15, 0.2) is 0 Å². The quantitative estimate of drug-likeness (QED) is 0.472. The van der Waals surface area contributed by atoms with E-state index >= 15 is 0 Å². The van der Waals surface area contributed by atoms with Gasteiger partial charge in [-0.15, -0.1) is 11.3 Å². The van der Waals surface area contributed by atoms with Crippen molar-refractivity contribution < 1.29 is 13.6 Å². The number of hydrogen-bond acceptors (Lipinski definition) is 4. The molecule has 2 aromatic heterocycles. The van der Waals surface area contributed by atoms with Crippen LogP contribution in [-0.4, -0.2) is 20.7 Å². The number of hydrogen-bond donors (Lipinski definition) is 1. The average molecular weight is 431 g/mol. The highest BCUT2D eigenvalue weighted by atomic mass is 35.5. The van der Waals surface area contributed by atoms with Gasteiger partial charge in [0.25, 0.3) is 5.91 Å². The minimum Gasteiger partial charge on any atom is -0.318 e. The smallest absolute Gasteiger partial charge is 0.275 e. The Hall–Kier alpha value is -3.10. The van der Waals surface area contributed by atoms with Crippen LogP contribution in [0.25, 0.3) is 21.7 Å². The first-order valence-corrected chi connectivity index (χ1v) is 9.68. The number of benzene rings is 2. The molecule has 0 aliphatic rings. The van der Waals surface area contributed by atoms with Gasteiger partial charge in [-0.2, -0.15) is 5.10 Å². The molecule has 1 N–H and O–H groups in total. The second-order valence-corrected chi connectivity index (χ2v) is 7.39. The van der Waals surface area contributed by atoms with Gasteiger partial charge in [0.05, 0.1) is 16.9 Å². The van der Waals surface area contributed by atoms with Crippen molar-refractivity contribution in [2.24, 2.45) is 7.05 Å². The molecule has 1 amide bonds. The Labute approximate surface area is 173 Å². The van der Waals surface area contributed by atoms with Crippen LogP contribution < -0.4 is 5.32 Å². The highest BCUT2D eigenvalue weighted by molar-refractivity contribution is 7.13. The molecule has 0 bridgehead atoms. The van der Waals surface area contributed by atoms with E-state index in [9.17, 15) is 13.6 Å². The SMILES string of the molecule is Cn1cc(NC(=O)c2csc(-c3cccc(F)c3-c3cccc(F)c3Cl)n2)cn1. The molecule has 2 aromatic carbocycles. The summed E-state index contributed by atoms with van der Waals surface area (Å²) < 4.78 is 30.2. The Kier molecular flexibility index (Phi) is 5.12. The summed E-state index contributed by atoms with van der Waals surface area (Å²) in [6, 6.07) is 8.65. The number of rotatable bonds is 4. The summed E-state index contributed by atoms with van der Waals surface area (Å²) in [4.78, 5) is 16.8. The highest BCUT2D eigenvalue weighted by Gasteiger charge is 2.20. The molecule has 0 radical (unpaired) electrons. The molecule has 0 saturated heterocycles. The van der Waals surface area contributed by atoms with Crippen molar-refractivity contribution in [1.82, 2.24) is 14.8 Å². The monoisotopic (exact) mass is 430 g/mol. The molecule has 0 atom stereocenters. The van der Waals surface area contributed by atoms with Crippen LogP contribution in [0, 0.1) is 11.6 Å². The summed E-state index contributed by atoms with van der Waals surface area (Å²) in [6.07, 6.45) is 3.17. The van der Waals surface area contributed by atoms with E-state index in [-0.39, 0.29) is 21.8 Å². The van der Waals surface area contributed by atoms with Crippen molar-refractivity contribution in [2.75, 3.05) is 5.32 Å². The van der Waals surface area contributed by atoms with Gasteiger partial charge in [0, 0.05) is 35.3 Å². The second-order valence-electron chi connectivity index (χ2n) is 6.16. The van der Waals surface area contributed by atoms with Gasteiger partial charge in [0.2, 0.25) is 0 Å². The maximum absolute atomic E-state index is 14.7. The van der Waals surface area contributed by atoms with Gasteiger partial charge < -0.3 is 5.32 Å². The lowest BCUT2D eigenvalue weighted by Gasteiger charge is -2.11. The van der Waals surface area contributed by atoms with Gasteiger partial charge in [-0.3, -0.25) is 9.48 Å². The van der Waals surface area contributed by atoms with Crippen LogP contribution in [-0.2, 0) is 7.05 Å². The predicted octanol–water partition coefficient (Wildman–Crippen LogP) is 5.39. The number of nitrogens with one attached hydrogen (secondary N) is 1. The maximum Gasteiger partial charge on any atom is 0.275 e. The highest BCUT2D eigenvalue weighted by Crippen LogP contribution is 2.39. The molecular weight excluding hydrogens is 418 g/mol. The minimum atomic E-state index is -0.644. The van der Waals surface area contributed by atoms with Crippen LogP contribution in [0.4, 0.5) is 14.5 Å². The summed E-state index contributed by atoms with van der Waals surface area (Å²) in [6.45, 7) is 0. The topological polar surface area (TPSA) is 59.8 Å². The molecule has 0 spiro atoms. The van der Waals surface area contributed by atoms with E-state index in [0.29, 0.717) is 16.3 Å². The van der Waals surface area contributed by atoms with Crippen LogP contribution in [0.2, 0.25) is 5.02 Å². The van der Waals surface area contributed by atoms with Gasteiger partial charge in [-0.25, -0.2) is 13.8 Å². The third-order valence-corrected chi connectivity index (χ3v) is 5.42. The van der Waals surface area contributed by atoms with Crippen LogP contribution >= 0.6 is 22.9 Å². The fourth-order valence-electron chi connectivity index (χ4n) is 2.86. The molecule has 9 heteroatoms. The zero-order valence-electron chi connectivity index (χ0n) is 15.0. The number of anilines is 1. The lowest BCUT2D eigenvalue weighted by atomic mass is 9.99. The van der Waals surface area contributed by atoms with Crippen molar-refractivity contribution in [3.8, 4) is 21.7 Å². The molecule has 5 nitrogen and oxygen atoms in total. The molecule has 0 fully saturated rings. The Morgan fingerprint density at radius 2 is 1.86 bits per heavy atom. The van der Waals surface area contributed by atoms with Gasteiger partial charge >= 0.3 is 0 Å². The van der Waals surface area contributed by atoms with E-state index in [0.717, 1.165) is 0 Å². The second kappa shape index (κ2) is 7.73. The molecule has 2 heterocycles. The number of carbonyl (C=O) groups excluding carboxylic acids is 1. The average Bonchev–Trinajstić information content (AvgIpc) is 3.33. The number of amides is 1. The first-order valence-electron chi connectivity index (χ1n) is 8.43. The fraction of sp³-hybridized carbons (Fsp3) is 0.0500. The fourth-order valence-corrected chi connectivity index (χ4v) is 3.91. The van der Waals surface area contributed by atoms with E-state index < -0.39 is 17.5 Å². The first kappa shape index (κ1) is 19.2. The first-order chi connectivity index (χ1) is 13.9. The van der Waals surface area contributed by atoms with Crippen molar-refractivity contribution in [2.45, 2.75) is 0 Å². The largest absolute Gasteiger partial charge is 0.318 e. The summed E-state index contributed by atoms with van der Waals surface area (Å²) in [7, 11) is 1.74. The van der Waals surface area contributed by atoms with Crippen LogP contribution in [0.5, 0.6) is 0 Å². The molecule has 4 aromatic rings. The summed E-state index contributed by atoms with van der Waals surface area (Å²) in [5, 5.41) is 8.49. The summed E-state index contributed by atoms with van der Waals surface area (Å²) in [5.41, 5.74) is 1.48. The van der Waals surface area contributed by atoms with Crippen molar-refractivity contribution in [1.29, 1.82) is 0 Å². The number of aromatic nitrogens is 3. The Bertz CT molecular complexity index is 1220. The Morgan fingerprint density at radius 3 is 2.59 bits per heavy atom. The number of nitrogens with zero attached hydrogens (tertiary/aromatic N) is 3. The van der Waals surface area contributed by atoms with E-state index in [4.69, 9.17) is 11.6 Å². The standard InChI is InChI=1S/C20H13ClF2N4OS/c1-27-9-11(8-24-27)25-19(28)16-10-29-20(26-16)13-5-3-6-14(22)17(13)12-4-2-7-15(23)18(12)21/h2-10H,1H3,(H,25,28). The number of thiazole rings is 1. The Morgan fingerprint density at radius 1 is 1.14 bits per heavy atom.